The van der Waals surface area contributed by atoms with Crippen molar-refractivity contribution in [3.8, 4) is 11.8 Å². The van der Waals surface area contributed by atoms with Gasteiger partial charge in [0.25, 0.3) is 0 Å². The number of carbonyl (C=O) groups excluding carboxylic acids is 2. The standard InChI is InChI=1S/C22H19ClF3N3O3/c1-32-19-7-6-17(23)9-18(19)29-12-16(8-20(29)30)21(31)28(13-22(24,25)26)11-15-4-2-14(10-27)3-5-15/h2-7,9,16H,8,11-13H2,1H3. The first-order valence-corrected chi connectivity index (χ1v) is 9.97. The van der Waals surface area contributed by atoms with Gasteiger partial charge in [0.2, 0.25) is 11.8 Å². The van der Waals surface area contributed by atoms with Crippen LogP contribution < -0.4 is 9.64 Å². The molecule has 0 radical (unpaired) electrons. The molecule has 2 aromatic rings. The number of rotatable bonds is 6. The molecule has 0 aromatic heterocycles. The predicted octanol–water partition coefficient (Wildman–Crippen LogP) is 4.16. The number of halogens is 4. The Morgan fingerprint density at radius 1 is 1.28 bits per heavy atom. The van der Waals surface area contributed by atoms with Crippen LogP contribution in [-0.4, -0.2) is 43.1 Å². The third kappa shape index (κ3) is 5.51. The molecule has 1 saturated heterocycles. The van der Waals surface area contributed by atoms with Crippen LogP contribution in [0.3, 0.4) is 0 Å². The number of carbonyl (C=O) groups is 2. The molecule has 0 aliphatic carbocycles. The molecule has 6 nitrogen and oxygen atoms in total. The molecule has 1 atom stereocenters. The lowest BCUT2D eigenvalue weighted by atomic mass is 10.1. The van der Waals surface area contributed by atoms with Gasteiger partial charge in [0.1, 0.15) is 12.3 Å². The van der Waals surface area contributed by atoms with Gasteiger partial charge in [-0.05, 0) is 35.9 Å². The molecule has 168 valence electrons. The molecule has 1 aliphatic heterocycles. The highest BCUT2D eigenvalue weighted by atomic mass is 35.5. The maximum absolute atomic E-state index is 13.2. The minimum atomic E-state index is -4.61. The second-order valence-electron chi connectivity index (χ2n) is 7.34. The third-order valence-electron chi connectivity index (χ3n) is 5.04. The van der Waals surface area contributed by atoms with Crippen LogP contribution in [0.4, 0.5) is 18.9 Å². The van der Waals surface area contributed by atoms with Gasteiger partial charge in [-0.15, -0.1) is 0 Å². The fourth-order valence-corrected chi connectivity index (χ4v) is 3.74. The molecular formula is C22H19ClF3N3O3. The third-order valence-corrected chi connectivity index (χ3v) is 5.28. The minimum absolute atomic E-state index is 0.0872. The Bertz CT molecular complexity index is 1050. The Kier molecular flexibility index (Phi) is 6.94. The number of nitriles is 1. The number of amides is 2. The van der Waals surface area contributed by atoms with Gasteiger partial charge in [-0.1, -0.05) is 23.7 Å². The molecule has 10 heteroatoms. The average Bonchev–Trinajstić information content (AvgIpc) is 3.13. The van der Waals surface area contributed by atoms with Gasteiger partial charge in [-0.3, -0.25) is 9.59 Å². The molecule has 0 spiro atoms. The van der Waals surface area contributed by atoms with Crippen LogP contribution in [-0.2, 0) is 16.1 Å². The SMILES string of the molecule is COc1ccc(Cl)cc1N1CC(C(=O)N(Cc2ccc(C#N)cc2)CC(F)(F)F)CC1=O. The number of alkyl halides is 3. The van der Waals surface area contributed by atoms with Gasteiger partial charge in [0.05, 0.1) is 30.3 Å². The number of ether oxygens (including phenoxy) is 1. The van der Waals surface area contributed by atoms with Crippen molar-refractivity contribution in [2.75, 3.05) is 25.1 Å². The predicted molar refractivity (Wildman–Crippen MR) is 111 cm³/mol. The lowest BCUT2D eigenvalue weighted by Crippen LogP contribution is -2.42. The van der Waals surface area contributed by atoms with Gasteiger partial charge in [-0.2, -0.15) is 18.4 Å². The van der Waals surface area contributed by atoms with Crippen LogP contribution in [0.5, 0.6) is 5.75 Å². The van der Waals surface area contributed by atoms with Crippen LogP contribution in [0.2, 0.25) is 5.02 Å². The van der Waals surface area contributed by atoms with Crippen molar-refractivity contribution in [3.05, 3.63) is 58.6 Å². The molecule has 0 saturated carbocycles. The summed E-state index contributed by atoms with van der Waals surface area (Å²) in [5, 5.41) is 9.23. The molecule has 1 heterocycles. The number of benzene rings is 2. The molecule has 0 bridgehead atoms. The highest BCUT2D eigenvalue weighted by Gasteiger charge is 2.41. The topological polar surface area (TPSA) is 73.6 Å². The normalized spacial score (nSPS) is 16.1. The van der Waals surface area contributed by atoms with E-state index in [0.29, 0.717) is 32.5 Å². The molecule has 2 aromatic carbocycles. The largest absolute Gasteiger partial charge is 0.495 e. The Labute approximate surface area is 187 Å². The highest BCUT2D eigenvalue weighted by Crippen LogP contribution is 2.36. The van der Waals surface area contributed by atoms with Gasteiger partial charge in [0, 0.05) is 24.5 Å². The first-order chi connectivity index (χ1) is 15.1. The average molecular weight is 466 g/mol. The first-order valence-electron chi connectivity index (χ1n) is 9.59. The molecular weight excluding hydrogens is 447 g/mol. The summed E-state index contributed by atoms with van der Waals surface area (Å²) in [5.41, 5.74) is 1.16. The van der Waals surface area contributed by atoms with Crippen LogP contribution in [0, 0.1) is 17.2 Å². The maximum Gasteiger partial charge on any atom is 0.406 e. The van der Waals surface area contributed by atoms with E-state index in [-0.39, 0.29) is 19.5 Å². The van der Waals surface area contributed by atoms with E-state index in [1.807, 2.05) is 6.07 Å². The van der Waals surface area contributed by atoms with Crippen LogP contribution in [0.25, 0.3) is 0 Å². The van der Waals surface area contributed by atoms with Crippen molar-refractivity contribution in [3.63, 3.8) is 0 Å². The highest BCUT2D eigenvalue weighted by molar-refractivity contribution is 6.31. The molecule has 3 rings (SSSR count). The molecule has 1 aliphatic rings. The van der Waals surface area contributed by atoms with Crippen LogP contribution in [0.1, 0.15) is 17.5 Å². The van der Waals surface area contributed by atoms with E-state index in [2.05, 4.69) is 0 Å². The summed E-state index contributed by atoms with van der Waals surface area (Å²) in [7, 11) is 1.42. The maximum atomic E-state index is 13.2. The summed E-state index contributed by atoms with van der Waals surface area (Å²) in [6.07, 6.45) is -4.84. The zero-order valence-electron chi connectivity index (χ0n) is 17.0. The summed E-state index contributed by atoms with van der Waals surface area (Å²) in [6, 6.07) is 12.5. The van der Waals surface area contributed by atoms with E-state index in [0.717, 1.165) is 0 Å². The number of hydrogen-bond donors (Lipinski definition) is 0. The van der Waals surface area contributed by atoms with E-state index in [1.54, 1.807) is 12.1 Å². The first kappa shape index (κ1) is 23.4. The van der Waals surface area contributed by atoms with E-state index in [1.165, 1.54) is 42.3 Å². The Morgan fingerprint density at radius 2 is 1.97 bits per heavy atom. The van der Waals surface area contributed by atoms with Gasteiger partial charge in [0.15, 0.2) is 0 Å². The summed E-state index contributed by atoms with van der Waals surface area (Å²) in [5.74, 6) is -1.77. The zero-order chi connectivity index (χ0) is 23.5. The van der Waals surface area contributed by atoms with Crippen molar-refractivity contribution in [2.24, 2.45) is 5.92 Å². The summed E-state index contributed by atoms with van der Waals surface area (Å²) >= 11 is 6.02. The van der Waals surface area contributed by atoms with Crippen molar-refractivity contribution in [1.82, 2.24) is 4.90 Å². The van der Waals surface area contributed by atoms with Crippen molar-refractivity contribution >= 4 is 29.1 Å². The van der Waals surface area contributed by atoms with Crippen molar-refractivity contribution in [1.29, 1.82) is 5.26 Å². The Morgan fingerprint density at radius 3 is 2.56 bits per heavy atom. The van der Waals surface area contributed by atoms with Crippen molar-refractivity contribution in [2.45, 2.75) is 19.1 Å². The molecule has 0 N–H and O–H groups in total. The van der Waals surface area contributed by atoms with Crippen LogP contribution >= 0.6 is 11.6 Å². The lowest BCUT2D eigenvalue weighted by molar-refractivity contribution is -0.164. The van der Waals surface area contributed by atoms with E-state index in [4.69, 9.17) is 21.6 Å². The second kappa shape index (κ2) is 9.49. The smallest absolute Gasteiger partial charge is 0.406 e. The fraction of sp³-hybridized carbons (Fsp3) is 0.318. The van der Waals surface area contributed by atoms with Gasteiger partial charge < -0.3 is 14.5 Å². The summed E-state index contributed by atoms with van der Waals surface area (Å²) < 4.78 is 44.8. The summed E-state index contributed by atoms with van der Waals surface area (Å²) in [4.78, 5) is 27.6. The molecule has 1 fully saturated rings. The van der Waals surface area contributed by atoms with Crippen LogP contribution in [0.15, 0.2) is 42.5 Å². The monoisotopic (exact) mass is 465 g/mol. The number of hydrogen-bond acceptors (Lipinski definition) is 4. The second-order valence-corrected chi connectivity index (χ2v) is 7.78. The molecule has 1 unspecified atom stereocenters. The number of anilines is 1. The minimum Gasteiger partial charge on any atom is -0.495 e. The Hall–Kier alpha value is -3.25. The van der Waals surface area contributed by atoms with Gasteiger partial charge in [-0.25, -0.2) is 0 Å². The summed E-state index contributed by atoms with van der Waals surface area (Å²) in [6.45, 7) is -1.83. The number of methoxy groups -OCH3 is 1. The number of nitrogens with zero attached hydrogens (tertiary/aromatic N) is 3. The molecule has 2 amide bonds. The van der Waals surface area contributed by atoms with Crippen molar-refractivity contribution < 1.29 is 27.5 Å². The van der Waals surface area contributed by atoms with E-state index >= 15 is 0 Å². The lowest BCUT2D eigenvalue weighted by Gasteiger charge is -2.27. The molecule has 32 heavy (non-hydrogen) atoms. The van der Waals surface area contributed by atoms with E-state index < -0.39 is 30.5 Å². The fourth-order valence-electron chi connectivity index (χ4n) is 3.57. The zero-order valence-corrected chi connectivity index (χ0v) is 17.8. The Balaban J connectivity index is 1.82. The van der Waals surface area contributed by atoms with Gasteiger partial charge >= 0.3 is 6.18 Å². The van der Waals surface area contributed by atoms with E-state index in [9.17, 15) is 22.8 Å². The quantitative estimate of drug-likeness (QED) is 0.642.